The van der Waals surface area contributed by atoms with Crippen LogP contribution in [-0.4, -0.2) is 10.2 Å². The maximum atomic E-state index is 12.9. The van der Waals surface area contributed by atoms with Gasteiger partial charge in [0.2, 0.25) is 0 Å². The second-order valence-electron chi connectivity index (χ2n) is 14.0. The van der Waals surface area contributed by atoms with Crippen molar-refractivity contribution in [3.8, 4) is 44.9 Å². The predicted octanol–water partition coefficient (Wildman–Crippen LogP) is 11.8. The van der Waals surface area contributed by atoms with Gasteiger partial charge in [0.1, 0.15) is 11.5 Å². The summed E-state index contributed by atoms with van der Waals surface area (Å²) in [6, 6.07) is 33.9. The van der Waals surface area contributed by atoms with Gasteiger partial charge in [0.25, 0.3) is 0 Å². The average molecular weight is 645 g/mol. The van der Waals surface area contributed by atoms with Crippen LogP contribution in [-0.2, 0) is 19.3 Å². The second kappa shape index (κ2) is 11.4. The summed E-state index contributed by atoms with van der Waals surface area (Å²) in [6.07, 6.45) is 20.4. The number of allylic oxidation sites excluding steroid dienone is 10. The van der Waals surface area contributed by atoms with Crippen molar-refractivity contribution < 1.29 is 10.2 Å². The van der Waals surface area contributed by atoms with Crippen LogP contribution >= 0.6 is 0 Å². The zero-order valence-electron chi connectivity index (χ0n) is 27.8. The Morgan fingerprint density at radius 1 is 0.560 bits per heavy atom. The normalized spacial score (nSPS) is 17.4. The zero-order valence-corrected chi connectivity index (χ0v) is 27.8. The Labute approximate surface area is 292 Å². The molecule has 0 saturated carbocycles. The van der Waals surface area contributed by atoms with E-state index in [9.17, 15) is 10.2 Å². The molecule has 6 aromatic carbocycles. The number of aromatic hydroxyl groups is 2. The summed E-state index contributed by atoms with van der Waals surface area (Å²) in [7, 11) is 0. The van der Waals surface area contributed by atoms with E-state index < -0.39 is 0 Å². The van der Waals surface area contributed by atoms with Crippen molar-refractivity contribution in [2.24, 2.45) is 0 Å². The highest BCUT2D eigenvalue weighted by molar-refractivity contribution is 6.17. The smallest absolute Gasteiger partial charge is 0.132 e. The third-order valence-electron chi connectivity index (χ3n) is 11.4. The molecule has 1 unspecified atom stereocenters. The van der Waals surface area contributed by atoms with Crippen molar-refractivity contribution in [3.05, 3.63) is 179 Å². The molecule has 0 aliphatic heterocycles. The van der Waals surface area contributed by atoms with Crippen LogP contribution in [0.5, 0.6) is 11.5 Å². The van der Waals surface area contributed by atoms with Crippen LogP contribution in [0, 0.1) is 0 Å². The van der Waals surface area contributed by atoms with Crippen LogP contribution in [0.15, 0.2) is 156 Å². The zero-order chi connectivity index (χ0) is 33.3. The lowest BCUT2D eigenvalue weighted by atomic mass is 9.70. The van der Waals surface area contributed by atoms with Crippen molar-refractivity contribution in [2.75, 3.05) is 0 Å². The summed E-state index contributed by atoms with van der Waals surface area (Å²) in [5.41, 5.74) is 14.0. The van der Waals surface area contributed by atoms with Crippen LogP contribution in [0.3, 0.4) is 0 Å². The SMILES string of the molecule is Oc1c(-c2c(-c3ccccc3)cc3ccc4c5c(ccc4c3c2O)CC=CC5)c(-c2ccccc2)cc2c1C1C=CC3=C(CC=CC3)C1=CC2. The predicted molar refractivity (Wildman–Crippen MR) is 207 cm³/mol. The summed E-state index contributed by atoms with van der Waals surface area (Å²) in [5, 5.41) is 29.8. The van der Waals surface area contributed by atoms with Gasteiger partial charge in [-0.25, -0.2) is 0 Å². The summed E-state index contributed by atoms with van der Waals surface area (Å²) < 4.78 is 0. The molecule has 0 amide bonds. The first-order valence-corrected chi connectivity index (χ1v) is 17.8. The molecule has 10 rings (SSSR count). The molecule has 4 aliphatic rings. The van der Waals surface area contributed by atoms with Crippen molar-refractivity contribution in [2.45, 2.75) is 38.0 Å². The summed E-state index contributed by atoms with van der Waals surface area (Å²) in [5.74, 6) is 0.418. The number of benzene rings is 6. The van der Waals surface area contributed by atoms with Crippen molar-refractivity contribution in [1.82, 2.24) is 0 Å². The van der Waals surface area contributed by atoms with Gasteiger partial charge in [0.05, 0.1) is 0 Å². The van der Waals surface area contributed by atoms with Gasteiger partial charge in [-0.05, 0) is 116 Å². The molecule has 6 aromatic rings. The van der Waals surface area contributed by atoms with Gasteiger partial charge in [-0.2, -0.15) is 0 Å². The number of rotatable bonds is 3. The van der Waals surface area contributed by atoms with E-state index >= 15 is 0 Å². The molecule has 2 nitrogen and oxygen atoms in total. The van der Waals surface area contributed by atoms with Gasteiger partial charge in [0.15, 0.2) is 0 Å². The highest BCUT2D eigenvalue weighted by atomic mass is 16.3. The molecule has 0 bridgehead atoms. The quantitative estimate of drug-likeness (QED) is 0.149. The van der Waals surface area contributed by atoms with E-state index in [1.807, 2.05) is 36.4 Å². The number of hydrogen-bond donors (Lipinski definition) is 2. The number of fused-ring (bicyclic) bond motifs is 9. The lowest BCUT2D eigenvalue weighted by Gasteiger charge is -2.34. The fraction of sp³-hybridized carbons (Fsp3) is 0.125. The second-order valence-corrected chi connectivity index (χ2v) is 14.0. The molecule has 0 aromatic heterocycles. The first kappa shape index (κ1) is 29.1. The molecule has 0 fully saturated rings. The number of phenols is 2. The summed E-state index contributed by atoms with van der Waals surface area (Å²) >= 11 is 0. The average Bonchev–Trinajstić information content (AvgIpc) is 3.18. The Morgan fingerprint density at radius 3 is 2.04 bits per heavy atom. The third kappa shape index (κ3) is 4.34. The molecule has 0 heterocycles. The molecular weight excluding hydrogens is 609 g/mol. The van der Waals surface area contributed by atoms with E-state index in [1.165, 1.54) is 33.2 Å². The molecular formula is C48H36O2. The lowest BCUT2D eigenvalue weighted by molar-refractivity contribution is 0.464. The Balaban J connectivity index is 1.31. The molecule has 0 radical (unpaired) electrons. The number of hydrogen-bond acceptors (Lipinski definition) is 2. The van der Waals surface area contributed by atoms with Gasteiger partial charge >= 0.3 is 0 Å². The fourth-order valence-corrected chi connectivity index (χ4v) is 9.05. The largest absolute Gasteiger partial charge is 0.507 e. The first-order chi connectivity index (χ1) is 24.7. The minimum atomic E-state index is -0.0456. The Bertz CT molecular complexity index is 2560. The van der Waals surface area contributed by atoms with Crippen LogP contribution < -0.4 is 0 Å². The van der Waals surface area contributed by atoms with Crippen LogP contribution in [0.25, 0.3) is 54.9 Å². The Kier molecular flexibility index (Phi) is 6.61. The van der Waals surface area contributed by atoms with E-state index in [2.05, 4.69) is 103 Å². The van der Waals surface area contributed by atoms with Gasteiger partial charge in [0, 0.05) is 28.0 Å². The monoisotopic (exact) mass is 644 g/mol. The fourth-order valence-electron chi connectivity index (χ4n) is 9.05. The van der Waals surface area contributed by atoms with Crippen LogP contribution in [0.1, 0.15) is 41.0 Å². The van der Waals surface area contributed by atoms with Gasteiger partial charge < -0.3 is 10.2 Å². The van der Waals surface area contributed by atoms with Gasteiger partial charge in [-0.3, -0.25) is 0 Å². The third-order valence-corrected chi connectivity index (χ3v) is 11.4. The van der Waals surface area contributed by atoms with E-state index in [0.717, 1.165) is 81.6 Å². The standard InChI is InChI=1S/C48H36O2/c49-47-43-33(21-23-37-35-17-9-7-15-31(35)19-25-39(37)43)27-41(29-11-3-1-4-12-29)45(47)46-42(30-13-5-2-6-14-30)28-34-22-24-38-36-18-10-8-16-32(36)20-26-40(38)44(34)48(46)50/h1-14,19-21,23-28,40,49-50H,15-18,22H2. The first-order valence-electron chi connectivity index (χ1n) is 17.8. The van der Waals surface area contributed by atoms with Crippen molar-refractivity contribution >= 4 is 21.5 Å². The number of phenolic OH excluding ortho intramolecular Hbond substituents is 2. The van der Waals surface area contributed by atoms with Crippen molar-refractivity contribution in [1.29, 1.82) is 0 Å². The van der Waals surface area contributed by atoms with Gasteiger partial charge in [-0.1, -0.05) is 127 Å². The lowest BCUT2D eigenvalue weighted by Crippen LogP contribution is -2.16. The minimum Gasteiger partial charge on any atom is -0.507 e. The minimum absolute atomic E-state index is 0.0456. The Hall–Kier alpha value is -5.86. The molecule has 0 saturated heterocycles. The molecule has 0 spiro atoms. The molecule has 1 atom stereocenters. The Morgan fingerprint density at radius 2 is 1.24 bits per heavy atom. The van der Waals surface area contributed by atoms with Crippen molar-refractivity contribution in [3.63, 3.8) is 0 Å². The maximum Gasteiger partial charge on any atom is 0.132 e. The van der Waals surface area contributed by atoms with E-state index in [-0.39, 0.29) is 17.4 Å². The van der Waals surface area contributed by atoms with Crippen LogP contribution in [0.4, 0.5) is 0 Å². The molecule has 2 heteroatoms. The highest BCUT2D eigenvalue weighted by Gasteiger charge is 2.34. The maximum absolute atomic E-state index is 12.9. The van der Waals surface area contributed by atoms with E-state index in [4.69, 9.17) is 0 Å². The van der Waals surface area contributed by atoms with E-state index in [0.29, 0.717) is 11.1 Å². The van der Waals surface area contributed by atoms with E-state index in [1.54, 1.807) is 0 Å². The van der Waals surface area contributed by atoms with Gasteiger partial charge in [-0.15, -0.1) is 0 Å². The topological polar surface area (TPSA) is 40.5 Å². The summed E-state index contributed by atoms with van der Waals surface area (Å²) in [4.78, 5) is 0. The summed E-state index contributed by atoms with van der Waals surface area (Å²) in [6.45, 7) is 0. The highest BCUT2D eigenvalue weighted by Crippen LogP contribution is 2.56. The molecule has 50 heavy (non-hydrogen) atoms. The molecule has 2 N–H and O–H groups in total. The van der Waals surface area contributed by atoms with Crippen LogP contribution in [0.2, 0.25) is 0 Å². The molecule has 240 valence electrons. The molecule has 4 aliphatic carbocycles.